The van der Waals surface area contributed by atoms with Crippen molar-refractivity contribution in [3.8, 4) is 0 Å². The van der Waals surface area contributed by atoms with E-state index in [2.05, 4.69) is 5.32 Å². The van der Waals surface area contributed by atoms with Crippen LogP contribution in [-0.4, -0.2) is 43.5 Å². The first-order valence-electron chi connectivity index (χ1n) is 6.55. The first-order chi connectivity index (χ1) is 9.61. The van der Waals surface area contributed by atoms with Crippen molar-refractivity contribution in [1.82, 2.24) is 10.2 Å². The van der Waals surface area contributed by atoms with E-state index < -0.39 is 0 Å². The number of anilines is 1. The van der Waals surface area contributed by atoms with Gasteiger partial charge in [-0.1, -0.05) is 6.07 Å². The summed E-state index contributed by atoms with van der Waals surface area (Å²) in [5.41, 5.74) is 7.74. The number of rotatable bonds is 6. The van der Waals surface area contributed by atoms with E-state index in [1.807, 2.05) is 6.07 Å². The van der Waals surface area contributed by atoms with Gasteiger partial charge in [0.1, 0.15) is 6.54 Å². The lowest BCUT2D eigenvalue weighted by molar-refractivity contribution is -0.121. The molecular formula is C14H19N3O3. The number of benzene rings is 1. The first kappa shape index (κ1) is 14.3. The molecule has 0 bridgehead atoms. The zero-order valence-corrected chi connectivity index (χ0v) is 11.5. The molecule has 0 aliphatic carbocycles. The lowest BCUT2D eigenvalue weighted by Gasteiger charge is -2.15. The van der Waals surface area contributed by atoms with Crippen molar-refractivity contribution in [2.24, 2.45) is 0 Å². The number of hydrogen-bond acceptors (Lipinski definition) is 4. The van der Waals surface area contributed by atoms with Crippen LogP contribution in [0.5, 0.6) is 0 Å². The fraction of sp³-hybridized carbons (Fsp3) is 0.429. The Morgan fingerprint density at radius 1 is 1.50 bits per heavy atom. The summed E-state index contributed by atoms with van der Waals surface area (Å²) >= 11 is 0. The normalized spacial score (nSPS) is 13.4. The van der Waals surface area contributed by atoms with E-state index in [-0.39, 0.29) is 18.4 Å². The van der Waals surface area contributed by atoms with Crippen LogP contribution in [0.15, 0.2) is 18.2 Å². The van der Waals surface area contributed by atoms with Crippen LogP contribution in [-0.2, 0) is 16.1 Å². The van der Waals surface area contributed by atoms with Gasteiger partial charge in [-0.25, -0.2) is 0 Å². The SMILES string of the molecule is COCCCNC(=O)CN1Cc2ccc(N)cc2C1=O. The summed E-state index contributed by atoms with van der Waals surface area (Å²) in [6.45, 7) is 1.68. The molecule has 1 heterocycles. The lowest BCUT2D eigenvalue weighted by atomic mass is 10.1. The average molecular weight is 277 g/mol. The summed E-state index contributed by atoms with van der Waals surface area (Å²) in [4.78, 5) is 25.4. The van der Waals surface area contributed by atoms with Crippen molar-refractivity contribution in [2.75, 3.05) is 32.5 Å². The highest BCUT2D eigenvalue weighted by atomic mass is 16.5. The summed E-state index contributed by atoms with van der Waals surface area (Å²) in [6.07, 6.45) is 0.757. The van der Waals surface area contributed by atoms with Gasteiger partial charge in [0.25, 0.3) is 5.91 Å². The summed E-state index contributed by atoms with van der Waals surface area (Å²) < 4.78 is 4.90. The van der Waals surface area contributed by atoms with Crippen LogP contribution in [0.4, 0.5) is 5.69 Å². The van der Waals surface area contributed by atoms with Gasteiger partial charge < -0.3 is 20.7 Å². The van der Waals surface area contributed by atoms with E-state index in [4.69, 9.17) is 10.5 Å². The third kappa shape index (κ3) is 3.27. The largest absolute Gasteiger partial charge is 0.399 e. The highest BCUT2D eigenvalue weighted by Gasteiger charge is 2.28. The zero-order valence-electron chi connectivity index (χ0n) is 11.5. The molecule has 0 saturated carbocycles. The van der Waals surface area contributed by atoms with Gasteiger partial charge in [0, 0.05) is 38.1 Å². The molecule has 2 rings (SSSR count). The van der Waals surface area contributed by atoms with Gasteiger partial charge in [-0.2, -0.15) is 0 Å². The molecular weight excluding hydrogens is 258 g/mol. The predicted molar refractivity (Wildman–Crippen MR) is 75.1 cm³/mol. The molecule has 6 heteroatoms. The quantitative estimate of drug-likeness (QED) is 0.581. The molecule has 6 nitrogen and oxygen atoms in total. The molecule has 0 spiro atoms. The van der Waals surface area contributed by atoms with Crippen LogP contribution in [0.1, 0.15) is 22.3 Å². The van der Waals surface area contributed by atoms with Crippen LogP contribution in [0, 0.1) is 0 Å². The second-order valence-electron chi connectivity index (χ2n) is 4.77. The molecule has 1 aromatic rings. The number of nitrogens with one attached hydrogen (secondary N) is 1. The van der Waals surface area contributed by atoms with Crippen molar-refractivity contribution in [3.05, 3.63) is 29.3 Å². The fourth-order valence-corrected chi connectivity index (χ4v) is 2.18. The van der Waals surface area contributed by atoms with Crippen LogP contribution in [0.25, 0.3) is 0 Å². The Kier molecular flexibility index (Phi) is 4.57. The van der Waals surface area contributed by atoms with Crippen molar-refractivity contribution in [2.45, 2.75) is 13.0 Å². The summed E-state index contributed by atoms with van der Waals surface area (Å²) in [5, 5.41) is 2.77. The maximum absolute atomic E-state index is 12.1. The monoisotopic (exact) mass is 277 g/mol. The number of nitrogens with two attached hydrogens (primary N) is 1. The number of ether oxygens (including phenoxy) is 1. The van der Waals surface area contributed by atoms with Crippen molar-refractivity contribution in [3.63, 3.8) is 0 Å². The van der Waals surface area contributed by atoms with Crippen LogP contribution in [0.3, 0.4) is 0 Å². The maximum Gasteiger partial charge on any atom is 0.255 e. The van der Waals surface area contributed by atoms with Crippen molar-refractivity contribution < 1.29 is 14.3 Å². The molecule has 20 heavy (non-hydrogen) atoms. The molecule has 3 N–H and O–H groups in total. The highest BCUT2D eigenvalue weighted by molar-refractivity contribution is 6.00. The Bertz CT molecular complexity index is 516. The molecule has 0 unspecified atom stereocenters. The lowest BCUT2D eigenvalue weighted by Crippen LogP contribution is -2.37. The second kappa shape index (κ2) is 6.38. The molecule has 0 atom stereocenters. The molecule has 0 aromatic heterocycles. The van der Waals surface area contributed by atoms with Gasteiger partial charge >= 0.3 is 0 Å². The predicted octanol–water partition coefficient (Wildman–Crippen LogP) is 0.377. The molecule has 1 aliphatic heterocycles. The van der Waals surface area contributed by atoms with Crippen molar-refractivity contribution in [1.29, 1.82) is 0 Å². The summed E-state index contributed by atoms with van der Waals surface area (Å²) in [6, 6.07) is 5.26. The number of fused-ring (bicyclic) bond motifs is 1. The van der Waals surface area contributed by atoms with E-state index in [0.29, 0.717) is 30.9 Å². The second-order valence-corrected chi connectivity index (χ2v) is 4.77. The number of nitrogens with zero attached hydrogens (tertiary/aromatic N) is 1. The van der Waals surface area contributed by atoms with E-state index in [0.717, 1.165) is 12.0 Å². The molecule has 0 saturated heterocycles. The number of amides is 2. The van der Waals surface area contributed by atoms with E-state index in [9.17, 15) is 9.59 Å². The Morgan fingerprint density at radius 2 is 2.30 bits per heavy atom. The number of carbonyl (C=O) groups is 2. The van der Waals surface area contributed by atoms with Crippen LogP contribution >= 0.6 is 0 Å². The summed E-state index contributed by atoms with van der Waals surface area (Å²) in [5.74, 6) is -0.297. The Balaban J connectivity index is 1.87. The first-order valence-corrected chi connectivity index (χ1v) is 6.55. The molecule has 1 aromatic carbocycles. The standard InChI is InChI=1S/C14H19N3O3/c1-20-6-2-5-16-13(18)9-17-8-10-3-4-11(15)7-12(10)14(17)19/h3-4,7H,2,5-6,8-9,15H2,1H3,(H,16,18). The maximum atomic E-state index is 12.1. The minimum atomic E-state index is -0.157. The third-order valence-electron chi connectivity index (χ3n) is 3.19. The van der Waals surface area contributed by atoms with Gasteiger partial charge in [0.15, 0.2) is 0 Å². The molecule has 2 amide bonds. The Hall–Kier alpha value is -2.08. The Labute approximate surface area is 117 Å². The fourth-order valence-electron chi connectivity index (χ4n) is 2.18. The molecule has 0 fully saturated rings. The molecule has 1 aliphatic rings. The third-order valence-corrected chi connectivity index (χ3v) is 3.19. The number of hydrogen-bond donors (Lipinski definition) is 2. The van der Waals surface area contributed by atoms with Crippen LogP contribution in [0.2, 0.25) is 0 Å². The minimum absolute atomic E-state index is 0.0698. The smallest absolute Gasteiger partial charge is 0.255 e. The Morgan fingerprint density at radius 3 is 3.05 bits per heavy atom. The van der Waals surface area contributed by atoms with E-state index >= 15 is 0 Å². The minimum Gasteiger partial charge on any atom is -0.399 e. The topological polar surface area (TPSA) is 84.7 Å². The van der Waals surface area contributed by atoms with Crippen LogP contribution < -0.4 is 11.1 Å². The van der Waals surface area contributed by atoms with E-state index in [1.54, 1.807) is 19.2 Å². The number of methoxy groups -OCH3 is 1. The average Bonchev–Trinajstić information content (AvgIpc) is 2.72. The van der Waals surface area contributed by atoms with E-state index in [1.165, 1.54) is 4.90 Å². The molecule has 108 valence electrons. The van der Waals surface area contributed by atoms with Gasteiger partial charge in [-0.3, -0.25) is 9.59 Å². The zero-order chi connectivity index (χ0) is 14.5. The number of carbonyl (C=O) groups excluding carboxylic acids is 2. The molecule has 0 radical (unpaired) electrons. The van der Waals surface area contributed by atoms with Gasteiger partial charge in [-0.05, 0) is 24.1 Å². The van der Waals surface area contributed by atoms with Gasteiger partial charge in [0.2, 0.25) is 5.91 Å². The summed E-state index contributed by atoms with van der Waals surface area (Å²) in [7, 11) is 1.62. The highest BCUT2D eigenvalue weighted by Crippen LogP contribution is 2.24. The van der Waals surface area contributed by atoms with Gasteiger partial charge in [-0.15, -0.1) is 0 Å². The number of nitrogen functional groups attached to an aromatic ring is 1. The van der Waals surface area contributed by atoms with Gasteiger partial charge in [0.05, 0.1) is 0 Å². The van der Waals surface area contributed by atoms with Crippen molar-refractivity contribution >= 4 is 17.5 Å².